The normalized spacial score (nSPS) is 10.2. The number of hydrogen-bond donors (Lipinski definition) is 1. The number of non-ortho nitro benzene ring substituents is 1. The largest absolute Gasteiger partial charge is 0.493 e. The Balaban J connectivity index is 1.87. The van der Waals surface area contributed by atoms with E-state index < -0.39 is 4.92 Å². The van der Waals surface area contributed by atoms with E-state index in [1.54, 1.807) is 18.2 Å². The number of ether oxygens (including phenoxy) is 1. The Morgan fingerprint density at radius 3 is 2.50 bits per heavy atom. The van der Waals surface area contributed by atoms with Crippen molar-refractivity contribution in [1.29, 1.82) is 0 Å². The molecule has 0 atom stereocenters. The van der Waals surface area contributed by atoms with Gasteiger partial charge in [-0.1, -0.05) is 24.3 Å². The summed E-state index contributed by atoms with van der Waals surface area (Å²) in [5.74, 6) is 0.707. The average Bonchev–Trinajstić information content (AvgIpc) is 2.48. The summed E-state index contributed by atoms with van der Waals surface area (Å²) >= 11 is 0. The molecule has 0 spiro atoms. The second-order valence-corrected chi connectivity index (χ2v) is 4.33. The molecule has 104 valence electrons. The fourth-order valence-corrected chi connectivity index (χ4v) is 1.80. The van der Waals surface area contributed by atoms with Gasteiger partial charge in [0.2, 0.25) is 0 Å². The zero-order valence-corrected chi connectivity index (χ0v) is 10.9. The lowest BCUT2D eigenvalue weighted by atomic mass is 10.1. The van der Waals surface area contributed by atoms with E-state index in [2.05, 4.69) is 0 Å². The van der Waals surface area contributed by atoms with E-state index in [0.29, 0.717) is 18.8 Å². The molecule has 2 aromatic rings. The van der Waals surface area contributed by atoms with Crippen LogP contribution in [-0.4, -0.2) is 16.6 Å². The molecule has 0 aliphatic rings. The van der Waals surface area contributed by atoms with Gasteiger partial charge in [-0.3, -0.25) is 10.1 Å². The molecule has 0 aliphatic heterocycles. The van der Waals surface area contributed by atoms with Crippen molar-refractivity contribution < 1.29 is 14.8 Å². The van der Waals surface area contributed by atoms with E-state index in [9.17, 15) is 10.1 Å². The number of hydrogen-bond acceptors (Lipinski definition) is 4. The molecule has 0 aromatic heterocycles. The standard InChI is InChI=1S/C15H15NO4/c17-11-13-2-1-3-15(10-13)20-9-8-12-4-6-14(7-5-12)16(18)19/h1-7,10,17H,8-9,11H2. The third-order valence-corrected chi connectivity index (χ3v) is 2.89. The maximum absolute atomic E-state index is 10.5. The van der Waals surface area contributed by atoms with E-state index in [0.717, 1.165) is 11.1 Å². The maximum atomic E-state index is 10.5. The van der Waals surface area contributed by atoms with Crippen molar-refractivity contribution >= 4 is 5.69 Å². The summed E-state index contributed by atoms with van der Waals surface area (Å²) in [6, 6.07) is 13.7. The molecule has 0 heterocycles. The van der Waals surface area contributed by atoms with Gasteiger partial charge in [-0.05, 0) is 23.3 Å². The summed E-state index contributed by atoms with van der Waals surface area (Å²) in [6.07, 6.45) is 0.668. The van der Waals surface area contributed by atoms with Crippen molar-refractivity contribution in [2.75, 3.05) is 6.61 Å². The first kappa shape index (κ1) is 14.0. The number of aliphatic hydroxyl groups excluding tert-OH is 1. The van der Waals surface area contributed by atoms with Gasteiger partial charge in [-0.2, -0.15) is 0 Å². The Bertz CT molecular complexity index is 581. The third kappa shape index (κ3) is 3.80. The fraction of sp³-hybridized carbons (Fsp3) is 0.200. The highest BCUT2D eigenvalue weighted by Gasteiger charge is 2.04. The number of rotatable bonds is 6. The van der Waals surface area contributed by atoms with Gasteiger partial charge in [-0.15, -0.1) is 0 Å². The molecular weight excluding hydrogens is 258 g/mol. The zero-order valence-electron chi connectivity index (χ0n) is 10.9. The number of nitro benzene ring substituents is 1. The number of nitro groups is 1. The highest BCUT2D eigenvalue weighted by molar-refractivity contribution is 5.33. The Hall–Kier alpha value is -2.40. The monoisotopic (exact) mass is 273 g/mol. The highest BCUT2D eigenvalue weighted by Crippen LogP contribution is 2.15. The summed E-state index contributed by atoms with van der Waals surface area (Å²) in [7, 11) is 0. The van der Waals surface area contributed by atoms with Gasteiger partial charge < -0.3 is 9.84 Å². The topological polar surface area (TPSA) is 72.6 Å². The van der Waals surface area contributed by atoms with E-state index >= 15 is 0 Å². The van der Waals surface area contributed by atoms with Crippen LogP contribution in [0.25, 0.3) is 0 Å². The van der Waals surface area contributed by atoms with Crippen LogP contribution in [0, 0.1) is 10.1 Å². The molecule has 0 bridgehead atoms. The molecular formula is C15H15NO4. The van der Waals surface area contributed by atoms with Gasteiger partial charge in [0.05, 0.1) is 18.1 Å². The first-order chi connectivity index (χ1) is 9.69. The predicted octanol–water partition coefficient (Wildman–Crippen LogP) is 2.71. The molecule has 20 heavy (non-hydrogen) atoms. The van der Waals surface area contributed by atoms with E-state index in [1.165, 1.54) is 12.1 Å². The minimum atomic E-state index is -0.416. The Labute approximate surface area is 116 Å². The number of aliphatic hydroxyl groups is 1. The Morgan fingerprint density at radius 2 is 1.85 bits per heavy atom. The molecule has 0 saturated carbocycles. The minimum Gasteiger partial charge on any atom is -0.493 e. The lowest BCUT2D eigenvalue weighted by molar-refractivity contribution is -0.384. The van der Waals surface area contributed by atoms with E-state index in [4.69, 9.17) is 9.84 Å². The number of nitrogens with zero attached hydrogens (tertiary/aromatic N) is 1. The van der Waals surface area contributed by atoms with Crippen LogP contribution < -0.4 is 4.74 Å². The highest BCUT2D eigenvalue weighted by atomic mass is 16.6. The molecule has 0 saturated heterocycles. The van der Waals surface area contributed by atoms with E-state index in [1.807, 2.05) is 18.2 Å². The van der Waals surface area contributed by atoms with Gasteiger partial charge in [0.25, 0.3) is 5.69 Å². The lowest BCUT2D eigenvalue weighted by Crippen LogP contribution is -2.01. The quantitative estimate of drug-likeness (QED) is 0.648. The molecule has 2 rings (SSSR count). The van der Waals surface area contributed by atoms with Gasteiger partial charge >= 0.3 is 0 Å². The average molecular weight is 273 g/mol. The van der Waals surface area contributed by atoms with Crippen LogP contribution in [0.1, 0.15) is 11.1 Å². The van der Waals surface area contributed by atoms with Crippen LogP contribution in [0.15, 0.2) is 48.5 Å². The van der Waals surface area contributed by atoms with Crippen molar-refractivity contribution in [3.8, 4) is 5.75 Å². The lowest BCUT2D eigenvalue weighted by Gasteiger charge is -2.07. The van der Waals surface area contributed by atoms with Crippen molar-refractivity contribution in [2.45, 2.75) is 13.0 Å². The van der Waals surface area contributed by atoms with Gasteiger partial charge in [0.1, 0.15) is 5.75 Å². The first-order valence-corrected chi connectivity index (χ1v) is 6.25. The molecule has 0 unspecified atom stereocenters. The van der Waals surface area contributed by atoms with Crippen LogP contribution in [0.4, 0.5) is 5.69 Å². The minimum absolute atomic E-state index is 0.0143. The Morgan fingerprint density at radius 1 is 1.10 bits per heavy atom. The van der Waals surface area contributed by atoms with Crippen molar-refractivity contribution in [1.82, 2.24) is 0 Å². The maximum Gasteiger partial charge on any atom is 0.269 e. The number of benzene rings is 2. The van der Waals surface area contributed by atoms with Crippen molar-refractivity contribution in [2.24, 2.45) is 0 Å². The van der Waals surface area contributed by atoms with Crippen LogP contribution in [0.3, 0.4) is 0 Å². The van der Waals surface area contributed by atoms with Gasteiger partial charge in [0, 0.05) is 18.6 Å². The van der Waals surface area contributed by atoms with Crippen molar-refractivity contribution in [3.05, 3.63) is 69.8 Å². The molecule has 5 nitrogen and oxygen atoms in total. The summed E-state index contributed by atoms with van der Waals surface area (Å²) in [6.45, 7) is 0.465. The molecule has 0 fully saturated rings. The SMILES string of the molecule is O=[N+]([O-])c1ccc(CCOc2cccc(CO)c2)cc1. The molecule has 0 aliphatic carbocycles. The molecule has 1 N–H and O–H groups in total. The molecule has 0 radical (unpaired) electrons. The van der Waals surface area contributed by atoms with Crippen molar-refractivity contribution in [3.63, 3.8) is 0 Å². The van der Waals surface area contributed by atoms with Crippen LogP contribution >= 0.6 is 0 Å². The zero-order chi connectivity index (χ0) is 14.4. The van der Waals surface area contributed by atoms with Crippen LogP contribution in [0.2, 0.25) is 0 Å². The molecule has 2 aromatic carbocycles. The van der Waals surface area contributed by atoms with Gasteiger partial charge in [0.15, 0.2) is 0 Å². The van der Waals surface area contributed by atoms with Crippen LogP contribution in [0.5, 0.6) is 5.75 Å². The predicted molar refractivity (Wildman–Crippen MR) is 74.7 cm³/mol. The van der Waals surface area contributed by atoms with E-state index in [-0.39, 0.29) is 12.3 Å². The second-order valence-electron chi connectivity index (χ2n) is 4.33. The third-order valence-electron chi connectivity index (χ3n) is 2.89. The summed E-state index contributed by atoms with van der Waals surface area (Å²) in [4.78, 5) is 10.1. The first-order valence-electron chi connectivity index (χ1n) is 6.25. The Kier molecular flexibility index (Phi) is 4.68. The molecule has 0 amide bonds. The van der Waals surface area contributed by atoms with Gasteiger partial charge in [-0.25, -0.2) is 0 Å². The van der Waals surface area contributed by atoms with Crippen LogP contribution in [-0.2, 0) is 13.0 Å². The summed E-state index contributed by atoms with van der Waals surface area (Å²) in [5.41, 5.74) is 1.87. The fourth-order valence-electron chi connectivity index (χ4n) is 1.80. The molecule has 5 heteroatoms. The summed E-state index contributed by atoms with van der Waals surface area (Å²) < 4.78 is 5.59. The summed E-state index contributed by atoms with van der Waals surface area (Å²) in [5, 5.41) is 19.6. The second kappa shape index (κ2) is 6.68. The smallest absolute Gasteiger partial charge is 0.269 e.